The van der Waals surface area contributed by atoms with Crippen LogP contribution in [-0.4, -0.2) is 40.6 Å². The van der Waals surface area contributed by atoms with Gasteiger partial charge in [0.2, 0.25) is 0 Å². The summed E-state index contributed by atoms with van der Waals surface area (Å²) in [5.74, 6) is -0.163. The molecule has 0 fully saturated rings. The Morgan fingerprint density at radius 3 is 2.50 bits per heavy atom. The van der Waals surface area contributed by atoms with Crippen LogP contribution in [0.3, 0.4) is 0 Å². The summed E-state index contributed by atoms with van der Waals surface area (Å²) in [6.07, 6.45) is 3.78. The quantitative estimate of drug-likeness (QED) is 0.381. The van der Waals surface area contributed by atoms with E-state index in [0.717, 1.165) is 38.3 Å². The van der Waals surface area contributed by atoms with Crippen LogP contribution in [0.25, 0.3) is 21.6 Å². The van der Waals surface area contributed by atoms with Gasteiger partial charge in [-0.1, -0.05) is 12.1 Å². The van der Waals surface area contributed by atoms with E-state index in [1.807, 2.05) is 63.6 Å². The fourth-order valence-corrected chi connectivity index (χ4v) is 5.02. The van der Waals surface area contributed by atoms with Crippen molar-refractivity contribution in [2.45, 2.75) is 26.4 Å². The summed E-state index contributed by atoms with van der Waals surface area (Å²) in [6, 6.07) is 15.5. The van der Waals surface area contributed by atoms with Gasteiger partial charge in [0.15, 0.2) is 0 Å². The van der Waals surface area contributed by atoms with Crippen molar-refractivity contribution < 1.29 is 9.59 Å². The van der Waals surface area contributed by atoms with Crippen LogP contribution in [0.4, 0.5) is 0 Å². The van der Waals surface area contributed by atoms with Crippen LogP contribution in [0, 0.1) is 6.92 Å². The van der Waals surface area contributed by atoms with Crippen molar-refractivity contribution in [3.05, 3.63) is 88.1 Å². The van der Waals surface area contributed by atoms with Crippen molar-refractivity contribution in [2.24, 2.45) is 12.8 Å². The van der Waals surface area contributed by atoms with Gasteiger partial charge in [-0.3, -0.25) is 14.3 Å². The summed E-state index contributed by atoms with van der Waals surface area (Å²) in [7, 11) is 5.38. The lowest BCUT2D eigenvalue weighted by atomic mass is 9.97. The molecule has 1 atom stereocenters. The Morgan fingerprint density at radius 2 is 1.83 bits per heavy atom. The van der Waals surface area contributed by atoms with Gasteiger partial charge in [-0.15, -0.1) is 11.3 Å². The Morgan fingerprint density at radius 1 is 1.08 bits per heavy atom. The number of aromatic nitrogens is 2. The molecule has 2 aromatic heterocycles. The van der Waals surface area contributed by atoms with E-state index in [0.29, 0.717) is 17.0 Å². The van der Waals surface area contributed by atoms with Crippen LogP contribution in [-0.2, 0) is 13.6 Å². The van der Waals surface area contributed by atoms with Gasteiger partial charge in [0.25, 0.3) is 11.8 Å². The molecule has 186 valence electrons. The van der Waals surface area contributed by atoms with Crippen molar-refractivity contribution in [3.8, 4) is 21.6 Å². The molecule has 0 aliphatic rings. The van der Waals surface area contributed by atoms with E-state index < -0.39 is 0 Å². The Balaban J connectivity index is 1.70. The number of nitrogens with zero attached hydrogens (tertiary/aromatic N) is 3. The highest BCUT2D eigenvalue weighted by atomic mass is 32.1. The highest BCUT2D eigenvalue weighted by Crippen LogP contribution is 2.34. The van der Waals surface area contributed by atoms with Gasteiger partial charge >= 0.3 is 0 Å². The minimum absolute atomic E-state index is 0.0226. The summed E-state index contributed by atoms with van der Waals surface area (Å²) in [6.45, 7) is 4.28. The summed E-state index contributed by atoms with van der Waals surface area (Å²) in [5, 5.41) is 7.47. The van der Waals surface area contributed by atoms with E-state index >= 15 is 0 Å². The maximum atomic E-state index is 13.2. The number of hydrogen-bond acceptors (Lipinski definition) is 5. The maximum Gasteiger partial charge on any atom is 0.263 e. The molecule has 8 heteroatoms. The maximum absolute atomic E-state index is 13.2. The van der Waals surface area contributed by atoms with Crippen molar-refractivity contribution in [2.75, 3.05) is 14.1 Å². The predicted molar refractivity (Wildman–Crippen MR) is 145 cm³/mol. The van der Waals surface area contributed by atoms with E-state index in [9.17, 15) is 9.59 Å². The SMILES string of the molecule is Cc1ccc(CN)cc1C(=O)NC(C)c1cc(-c2cnn(C)c2)cc(-c2ccc(C(=O)N(C)C)s2)c1. The fourth-order valence-electron chi connectivity index (χ4n) is 4.01. The molecule has 2 amide bonds. The molecule has 7 nitrogen and oxygen atoms in total. The Hall–Kier alpha value is -3.75. The standard InChI is InChI=1S/C28H31N5O2S/c1-17-6-7-19(14-29)10-24(17)27(34)31-18(2)20-11-21(23-15-30-33(5)16-23)13-22(12-20)25-8-9-26(36-25)28(35)32(3)4/h6-13,15-16,18H,14,29H2,1-5H3,(H,31,34). The number of benzene rings is 2. The molecule has 0 spiro atoms. The van der Waals surface area contributed by atoms with E-state index in [-0.39, 0.29) is 17.9 Å². The lowest BCUT2D eigenvalue weighted by molar-refractivity contribution is 0.0831. The van der Waals surface area contributed by atoms with Crippen LogP contribution < -0.4 is 11.1 Å². The number of carbonyl (C=O) groups excluding carboxylic acids is 2. The first kappa shape index (κ1) is 25.3. The van der Waals surface area contributed by atoms with Crippen molar-refractivity contribution in [1.82, 2.24) is 20.0 Å². The van der Waals surface area contributed by atoms with Crippen LogP contribution in [0.1, 0.15) is 49.7 Å². The Bertz CT molecular complexity index is 1420. The summed E-state index contributed by atoms with van der Waals surface area (Å²) >= 11 is 1.46. The largest absolute Gasteiger partial charge is 0.346 e. The third-order valence-electron chi connectivity index (χ3n) is 6.13. The second kappa shape index (κ2) is 10.5. The summed E-state index contributed by atoms with van der Waals surface area (Å²) < 4.78 is 1.76. The average molecular weight is 502 g/mol. The van der Waals surface area contributed by atoms with E-state index in [2.05, 4.69) is 28.6 Å². The first-order chi connectivity index (χ1) is 17.2. The Labute approximate surface area is 215 Å². The molecular weight excluding hydrogens is 470 g/mol. The zero-order valence-corrected chi connectivity index (χ0v) is 22.0. The molecule has 0 saturated heterocycles. The molecule has 4 rings (SSSR count). The Kier molecular flexibility index (Phi) is 7.37. The van der Waals surface area contributed by atoms with Gasteiger partial charge < -0.3 is 16.0 Å². The van der Waals surface area contributed by atoms with Gasteiger partial charge in [0.1, 0.15) is 0 Å². The number of thiophene rings is 1. The number of nitrogens with one attached hydrogen (secondary N) is 1. The number of amides is 2. The second-order valence-corrected chi connectivity index (χ2v) is 10.2. The summed E-state index contributed by atoms with van der Waals surface area (Å²) in [5.41, 5.74) is 12.1. The lowest BCUT2D eigenvalue weighted by Crippen LogP contribution is -2.27. The molecule has 0 aliphatic heterocycles. The highest BCUT2D eigenvalue weighted by molar-refractivity contribution is 7.17. The first-order valence-electron chi connectivity index (χ1n) is 11.7. The zero-order chi connectivity index (χ0) is 26.0. The average Bonchev–Trinajstić information content (AvgIpc) is 3.53. The third-order valence-corrected chi connectivity index (χ3v) is 7.25. The van der Waals surface area contributed by atoms with Crippen molar-refractivity contribution in [3.63, 3.8) is 0 Å². The molecule has 36 heavy (non-hydrogen) atoms. The molecule has 0 saturated carbocycles. The van der Waals surface area contributed by atoms with Crippen LogP contribution in [0.5, 0.6) is 0 Å². The molecule has 4 aromatic rings. The van der Waals surface area contributed by atoms with Crippen LogP contribution >= 0.6 is 11.3 Å². The van der Waals surface area contributed by atoms with Crippen molar-refractivity contribution >= 4 is 23.2 Å². The van der Waals surface area contributed by atoms with E-state index in [1.54, 1.807) is 23.7 Å². The van der Waals surface area contributed by atoms with Gasteiger partial charge in [0, 0.05) is 49.9 Å². The van der Waals surface area contributed by atoms with Gasteiger partial charge in [0.05, 0.1) is 17.1 Å². The second-order valence-electron chi connectivity index (χ2n) is 9.16. The van der Waals surface area contributed by atoms with Gasteiger partial charge in [-0.25, -0.2) is 0 Å². The van der Waals surface area contributed by atoms with Crippen LogP contribution in [0.15, 0.2) is 60.9 Å². The number of hydrogen-bond donors (Lipinski definition) is 2. The number of aryl methyl sites for hydroxylation is 2. The monoisotopic (exact) mass is 501 g/mol. The first-order valence-corrected chi connectivity index (χ1v) is 12.5. The minimum atomic E-state index is -0.253. The van der Waals surface area contributed by atoms with Crippen LogP contribution in [0.2, 0.25) is 0 Å². The number of nitrogens with two attached hydrogens (primary N) is 1. The molecule has 3 N–H and O–H groups in total. The molecular formula is C28H31N5O2S. The van der Waals surface area contributed by atoms with Gasteiger partial charge in [-0.2, -0.15) is 5.10 Å². The molecule has 0 radical (unpaired) electrons. The van der Waals surface area contributed by atoms with E-state index in [4.69, 9.17) is 5.73 Å². The highest BCUT2D eigenvalue weighted by Gasteiger charge is 2.18. The number of rotatable bonds is 7. The van der Waals surface area contributed by atoms with Gasteiger partial charge in [-0.05, 0) is 78.1 Å². The van der Waals surface area contributed by atoms with E-state index in [1.165, 1.54) is 11.3 Å². The predicted octanol–water partition coefficient (Wildman–Crippen LogP) is 4.78. The molecule has 0 bridgehead atoms. The lowest BCUT2D eigenvalue weighted by Gasteiger charge is -2.18. The normalized spacial score (nSPS) is 11.8. The molecule has 1 unspecified atom stereocenters. The fraction of sp³-hybridized carbons (Fsp3) is 0.250. The molecule has 2 heterocycles. The molecule has 2 aromatic carbocycles. The molecule has 0 aliphatic carbocycles. The topological polar surface area (TPSA) is 93.2 Å². The summed E-state index contributed by atoms with van der Waals surface area (Å²) in [4.78, 5) is 28.9. The minimum Gasteiger partial charge on any atom is -0.346 e. The van der Waals surface area contributed by atoms with Crippen molar-refractivity contribution in [1.29, 1.82) is 0 Å². The smallest absolute Gasteiger partial charge is 0.263 e. The third kappa shape index (κ3) is 5.40. The zero-order valence-electron chi connectivity index (χ0n) is 21.2. The number of carbonyl (C=O) groups is 2.